The Balaban J connectivity index is 1.96. The monoisotopic (exact) mass is 322 g/mol. The van der Waals surface area contributed by atoms with Gasteiger partial charge in [-0.1, -0.05) is 26.0 Å². The van der Waals surface area contributed by atoms with Gasteiger partial charge in [-0.2, -0.15) is 5.10 Å². The number of nitrogens with zero attached hydrogens (tertiary/aromatic N) is 3. The molecule has 1 aromatic carbocycles. The van der Waals surface area contributed by atoms with Gasteiger partial charge in [-0.25, -0.2) is 9.67 Å². The minimum atomic E-state index is 0.831. The van der Waals surface area contributed by atoms with Crippen molar-refractivity contribution in [3.05, 3.63) is 40.4 Å². The lowest BCUT2D eigenvalue weighted by molar-refractivity contribution is 0.597. The molecule has 0 atom stereocenters. The quantitative estimate of drug-likeness (QED) is 0.887. The van der Waals surface area contributed by atoms with Gasteiger partial charge >= 0.3 is 0 Å². The van der Waals surface area contributed by atoms with Crippen molar-refractivity contribution in [3.8, 4) is 0 Å². The number of halogens is 1. The minimum Gasteiger partial charge on any atom is -0.382 e. The molecule has 0 saturated carbocycles. The summed E-state index contributed by atoms with van der Waals surface area (Å²) in [4.78, 5) is 4.51. The van der Waals surface area contributed by atoms with Crippen LogP contribution in [0.1, 0.15) is 25.5 Å². The molecule has 102 valence electrons. The fourth-order valence-electron chi connectivity index (χ4n) is 1.92. The van der Waals surface area contributed by atoms with Crippen LogP contribution in [0.5, 0.6) is 0 Å². The molecule has 0 radical (unpaired) electrons. The molecule has 0 bridgehead atoms. The molecule has 0 aliphatic heterocycles. The molecule has 0 fully saturated rings. The largest absolute Gasteiger partial charge is 0.382 e. The van der Waals surface area contributed by atoms with Gasteiger partial charge in [0.05, 0.1) is 6.54 Å². The van der Waals surface area contributed by atoms with Crippen LogP contribution in [0.25, 0.3) is 0 Å². The zero-order valence-electron chi connectivity index (χ0n) is 11.4. The van der Waals surface area contributed by atoms with Gasteiger partial charge in [-0.05, 0) is 28.1 Å². The van der Waals surface area contributed by atoms with Gasteiger partial charge in [0.25, 0.3) is 0 Å². The second-order valence-electron chi connectivity index (χ2n) is 4.28. The molecule has 0 spiro atoms. The van der Waals surface area contributed by atoms with Crippen molar-refractivity contribution in [1.82, 2.24) is 14.8 Å². The maximum Gasteiger partial charge on any atom is 0.150 e. The fraction of sp³-hybridized carbons (Fsp3) is 0.429. The first-order valence-electron chi connectivity index (χ1n) is 6.65. The number of anilines is 1. The number of aromatic nitrogens is 3. The van der Waals surface area contributed by atoms with Gasteiger partial charge < -0.3 is 5.32 Å². The lowest BCUT2D eigenvalue weighted by Crippen LogP contribution is -2.14. The Morgan fingerprint density at radius 1 is 1.21 bits per heavy atom. The molecule has 0 unspecified atom stereocenters. The SMILES string of the molecule is CCc1nc(CC)n(CCNc2ccccc2Br)n1. The van der Waals surface area contributed by atoms with E-state index in [2.05, 4.69) is 51.2 Å². The number of rotatable bonds is 6. The number of aryl methyl sites for hydroxylation is 2. The second-order valence-corrected chi connectivity index (χ2v) is 5.14. The highest BCUT2D eigenvalue weighted by Gasteiger charge is 2.06. The summed E-state index contributed by atoms with van der Waals surface area (Å²) >= 11 is 3.53. The molecule has 0 aliphatic rings. The average Bonchev–Trinajstić information content (AvgIpc) is 2.83. The van der Waals surface area contributed by atoms with Crippen molar-refractivity contribution in [1.29, 1.82) is 0 Å². The molecule has 2 rings (SSSR count). The lowest BCUT2D eigenvalue weighted by atomic mass is 10.3. The van der Waals surface area contributed by atoms with E-state index in [4.69, 9.17) is 0 Å². The van der Waals surface area contributed by atoms with Crippen LogP contribution in [-0.4, -0.2) is 21.3 Å². The maximum absolute atomic E-state index is 4.51. The van der Waals surface area contributed by atoms with E-state index in [0.717, 1.165) is 47.7 Å². The predicted octanol–water partition coefficient (Wildman–Crippen LogP) is 3.28. The Kier molecular flexibility index (Phi) is 4.96. The highest BCUT2D eigenvalue weighted by molar-refractivity contribution is 9.10. The third-order valence-electron chi connectivity index (χ3n) is 2.94. The van der Waals surface area contributed by atoms with Crippen molar-refractivity contribution in [2.24, 2.45) is 0 Å². The summed E-state index contributed by atoms with van der Waals surface area (Å²) in [5, 5.41) is 7.91. The number of hydrogen-bond acceptors (Lipinski definition) is 3. The van der Waals surface area contributed by atoms with Crippen molar-refractivity contribution in [2.45, 2.75) is 33.2 Å². The molecule has 1 heterocycles. The second kappa shape index (κ2) is 6.70. The van der Waals surface area contributed by atoms with Crippen molar-refractivity contribution < 1.29 is 0 Å². The standard InChI is InChI=1S/C14H19BrN4/c1-3-13-17-14(4-2)19(18-13)10-9-16-12-8-6-5-7-11(12)15/h5-8,16H,3-4,9-10H2,1-2H3. The van der Waals surface area contributed by atoms with Gasteiger partial charge in [0.2, 0.25) is 0 Å². The summed E-state index contributed by atoms with van der Waals surface area (Å²) in [6.07, 6.45) is 1.81. The molecule has 0 saturated heterocycles. The molecule has 19 heavy (non-hydrogen) atoms. The van der Waals surface area contributed by atoms with E-state index in [9.17, 15) is 0 Å². The summed E-state index contributed by atoms with van der Waals surface area (Å²) in [6, 6.07) is 8.12. The van der Waals surface area contributed by atoms with Crippen LogP contribution in [0, 0.1) is 0 Å². The number of para-hydroxylation sites is 1. The summed E-state index contributed by atoms with van der Waals surface area (Å²) in [7, 11) is 0. The van der Waals surface area contributed by atoms with Crippen LogP contribution in [-0.2, 0) is 19.4 Å². The molecule has 2 aromatic rings. The van der Waals surface area contributed by atoms with Crippen LogP contribution in [0.2, 0.25) is 0 Å². The summed E-state index contributed by atoms with van der Waals surface area (Å²) < 4.78 is 3.08. The van der Waals surface area contributed by atoms with Crippen LogP contribution in [0.15, 0.2) is 28.7 Å². The van der Waals surface area contributed by atoms with Gasteiger partial charge in [-0.15, -0.1) is 0 Å². The number of nitrogens with one attached hydrogen (secondary N) is 1. The van der Waals surface area contributed by atoms with E-state index in [1.807, 2.05) is 22.9 Å². The van der Waals surface area contributed by atoms with Gasteiger partial charge in [0.1, 0.15) is 5.82 Å². The predicted molar refractivity (Wildman–Crippen MR) is 81.4 cm³/mol. The topological polar surface area (TPSA) is 42.7 Å². The van der Waals surface area contributed by atoms with Gasteiger partial charge in [-0.3, -0.25) is 0 Å². The zero-order chi connectivity index (χ0) is 13.7. The fourth-order valence-corrected chi connectivity index (χ4v) is 2.34. The van der Waals surface area contributed by atoms with Gasteiger partial charge in [0, 0.05) is 29.5 Å². The first-order chi connectivity index (χ1) is 9.24. The van der Waals surface area contributed by atoms with E-state index in [1.54, 1.807) is 0 Å². The van der Waals surface area contributed by atoms with Crippen molar-refractivity contribution >= 4 is 21.6 Å². The third-order valence-corrected chi connectivity index (χ3v) is 3.63. The van der Waals surface area contributed by atoms with Crippen LogP contribution >= 0.6 is 15.9 Å². The van der Waals surface area contributed by atoms with E-state index >= 15 is 0 Å². The highest BCUT2D eigenvalue weighted by atomic mass is 79.9. The Morgan fingerprint density at radius 3 is 2.68 bits per heavy atom. The zero-order valence-corrected chi connectivity index (χ0v) is 12.9. The molecular weight excluding hydrogens is 304 g/mol. The maximum atomic E-state index is 4.51. The molecular formula is C14H19BrN4. The number of hydrogen-bond donors (Lipinski definition) is 1. The Labute approximate surface area is 122 Å². The lowest BCUT2D eigenvalue weighted by Gasteiger charge is -2.09. The normalized spacial score (nSPS) is 10.7. The van der Waals surface area contributed by atoms with Crippen molar-refractivity contribution in [2.75, 3.05) is 11.9 Å². The molecule has 5 heteroatoms. The van der Waals surface area contributed by atoms with E-state index in [0.29, 0.717) is 0 Å². The summed E-state index contributed by atoms with van der Waals surface area (Å²) in [6.45, 7) is 5.86. The minimum absolute atomic E-state index is 0.831. The molecule has 0 aliphatic carbocycles. The van der Waals surface area contributed by atoms with Gasteiger partial charge in [0.15, 0.2) is 5.82 Å². The first kappa shape index (κ1) is 14.1. The third kappa shape index (κ3) is 3.56. The number of benzene rings is 1. The van der Waals surface area contributed by atoms with Crippen molar-refractivity contribution in [3.63, 3.8) is 0 Å². The average molecular weight is 323 g/mol. The molecule has 0 amide bonds. The van der Waals surface area contributed by atoms with E-state index in [1.165, 1.54) is 0 Å². The summed E-state index contributed by atoms with van der Waals surface area (Å²) in [5.41, 5.74) is 1.11. The van der Waals surface area contributed by atoms with E-state index < -0.39 is 0 Å². The van der Waals surface area contributed by atoms with Crippen LogP contribution in [0.4, 0.5) is 5.69 Å². The molecule has 1 aromatic heterocycles. The molecule has 1 N–H and O–H groups in total. The Morgan fingerprint density at radius 2 is 2.00 bits per heavy atom. The Hall–Kier alpha value is -1.36. The Bertz CT molecular complexity index is 536. The first-order valence-corrected chi connectivity index (χ1v) is 7.44. The smallest absolute Gasteiger partial charge is 0.150 e. The van der Waals surface area contributed by atoms with Crippen LogP contribution < -0.4 is 5.32 Å². The molecule has 4 nitrogen and oxygen atoms in total. The summed E-state index contributed by atoms with van der Waals surface area (Å²) in [5.74, 6) is 1.99. The van der Waals surface area contributed by atoms with Crippen LogP contribution in [0.3, 0.4) is 0 Å². The van der Waals surface area contributed by atoms with E-state index in [-0.39, 0.29) is 0 Å². The highest BCUT2D eigenvalue weighted by Crippen LogP contribution is 2.20.